The van der Waals surface area contributed by atoms with Crippen molar-refractivity contribution in [3.05, 3.63) is 35.4 Å². The van der Waals surface area contributed by atoms with E-state index in [0.29, 0.717) is 5.41 Å². The molecule has 0 radical (unpaired) electrons. The van der Waals surface area contributed by atoms with Gasteiger partial charge >= 0.3 is 6.03 Å². The van der Waals surface area contributed by atoms with Crippen molar-refractivity contribution >= 4 is 6.03 Å². The van der Waals surface area contributed by atoms with Crippen molar-refractivity contribution in [1.82, 2.24) is 15.1 Å². The Kier molecular flexibility index (Phi) is 3.92. The minimum absolute atomic E-state index is 0. The summed E-state index contributed by atoms with van der Waals surface area (Å²) in [6.07, 6.45) is 10.9. The second-order valence-corrected chi connectivity index (χ2v) is 10.9. The van der Waals surface area contributed by atoms with Crippen molar-refractivity contribution in [2.75, 3.05) is 27.2 Å². The normalized spacial score (nSPS) is 39.1. The lowest BCUT2D eigenvalue weighted by Gasteiger charge is -2.54. The maximum Gasteiger partial charge on any atom is 0.317 e. The summed E-state index contributed by atoms with van der Waals surface area (Å²) in [5.41, 5.74) is 4.03. The van der Waals surface area contributed by atoms with Crippen LogP contribution in [0.15, 0.2) is 24.3 Å². The van der Waals surface area contributed by atoms with E-state index in [1.165, 1.54) is 62.7 Å². The number of carbonyl (C=O) groups excluding carboxylic acids is 1. The molecule has 1 aromatic carbocycles. The zero-order valence-corrected chi connectivity index (χ0v) is 18.0. The predicted octanol–water partition coefficient (Wildman–Crippen LogP) is 4.56. The van der Waals surface area contributed by atoms with Crippen molar-refractivity contribution < 1.29 is 6.22 Å². The summed E-state index contributed by atoms with van der Waals surface area (Å²) in [7, 11) is 3.64. The first kappa shape index (κ1) is 18.2. The zero-order valence-electron chi connectivity index (χ0n) is 18.0. The van der Waals surface area contributed by atoms with E-state index < -0.39 is 0 Å². The minimum atomic E-state index is 0. The van der Waals surface area contributed by atoms with Crippen LogP contribution in [0.1, 0.15) is 70.0 Å². The fourth-order valence-electron chi connectivity index (χ4n) is 7.87. The topological polar surface area (TPSA) is 35.6 Å². The first-order valence-electron chi connectivity index (χ1n) is 11.8. The van der Waals surface area contributed by atoms with E-state index in [9.17, 15) is 4.79 Å². The van der Waals surface area contributed by atoms with Crippen LogP contribution in [0, 0.1) is 17.3 Å². The van der Waals surface area contributed by atoms with E-state index in [1.54, 1.807) is 11.3 Å². The van der Waals surface area contributed by atoms with Crippen LogP contribution >= 0.6 is 0 Å². The van der Waals surface area contributed by atoms with Gasteiger partial charge in [0, 0.05) is 21.6 Å². The van der Waals surface area contributed by atoms with Crippen molar-refractivity contribution in [3.63, 3.8) is 0 Å². The smallest absolute Gasteiger partial charge is 0.317 e. The lowest BCUT2D eigenvalue weighted by Crippen LogP contribution is -2.57. The van der Waals surface area contributed by atoms with Crippen LogP contribution in [0.4, 0.5) is 4.79 Å². The molecule has 158 valence electrons. The molecule has 1 saturated heterocycles. The number of nitrogens with zero attached hydrogens (tertiary/aromatic N) is 2. The summed E-state index contributed by atoms with van der Waals surface area (Å²) in [5.74, 6) is 2.14. The largest absolute Gasteiger partial charge is 0.331 e. The SMILES string of the molecule is CN(C)C(=O)N[C@H]1CCC2(CCN([C@@H]3CC45C[C@H]4CCC35)CC2)c2ccccc21.[HH]. The van der Waals surface area contributed by atoms with Gasteiger partial charge in [-0.2, -0.15) is 0 Å². The molecule has 1 N–H and O–H groups in total. The fourth-order valence-corrected chi connectivity index (χ4v) is 7.87. The lowest BCUT2D eigenvalue weighted by molar-refractivity contribution is -0.0275. The number of amides is 2. The van der Waals surface area contributed by atoms with Crippen LogP contribution in [0.2, 0.25) is 0 Å². The molecule has 1 heterocycles. The summed E-state index contributed by atoms with van der Waals surface area (Å²) in [5, 5.41) is 3.25. The molecule has 5 atom stereocenters. The molecule has 4 aliphatic carbocycles. The number of hydrogen-bond acceptors (Lipinski definition) is 2. The zero-order chi connectivity index (χ0) is 19.8. The van der Waals surface area contributed by atoms with E-state index in [2.05, 4.69) is 34.5 Å². The first-order chi connectivity index (χ1) is 14.0. The molecule has 1 aliphatic heterocycles. The second-order valence-electron chi connectivity index (χ2n) is 10.9. The van der Waals surface area contributed by atoms with Gasteiger partial charge in [0.15, 0.2) is 0 Å². The molecule has 2 amide bonds. The molecule has 29 heavy (non-hydrogen) atoms. The number of fused-ring (bicyclic) bond motifs is 2. The molecule has 4 nitrogen and oxygen atoms in total. The molecule has 2 spiro atoms. The summed E-state index contributed by atoms with van der Waals surface area (Å²) >= 11 is 0. The predicted molar refractivity (Wildman–Crippen MR) is 117 cm³/mol. The number of likely N-dealkylation sites (tertiary alicyclic amines) is 1. The molecule has 5 aliphatic rings. The first-order valence-corrected chi connectivity index (χ1v) is 11.8. The number of piperidine rings is 1. The number of rotatable bonds is 2. The summed E-state index contributed by atoms with van der Waals surface area (Å²) in [6.45, 7) is 2.54. The maximum absolute atomic E-state index is 12.3. The number of carbonyl (C=O) groups is 1. The average molecular weight is 396 g/mol. The van der Waals surface area contributed by atoms with Gasteiger partial charge in [0.25, 0.3) is 0 Å². The highest BCUT2D eigenvalue weighted by atomic mass is 16.2. The Morgan fingerprint density at radius 3 is 2.62 bits per heavy atom. The number of urea groups is 1. The molecule has 3 saturated carbocycles. The van der Waals surface area contributed by atoms with Crippen LogP contribution in [0.3, 0.4) is 0 Å². The Labute approximate surface area is 176 Å². The van der Waals surface area contributed by atoms with Gasteiger partial charge < -0.3 is 15.1 Å². The fraction of sp³-hybridized carbons (Fsp3) is 0.720. The molecule has 4 fully saturated rings. The Balaban J connectivity index is 0.00000193. The van der Waals surface area contributed by atoms with Gasteiger partial charge in [-0.1, -0.05) is 24.3 Å². The molecule has 6 rings (SSSR count). The Hall–Kier alpha value is -1.55. The van der Waals surface area contributed by atoms with Crippen LogP contribution in [0.25, 0.3) is 0 Å². The standard InChI is InChI=1S/C25H35N3O.H2/c1-27(2)23(29)26-21-9-10-24(19-6-4-3-5-18(19)21)11-13-28(14-12-24)22-16-25-15-17(25)7-8-20(22)25;/h3-6,17,20-22H,7-16H2,1-2H3,(H,26,29);1H/t17-,20?,21+,22-,25?;/m1./s1. The third kappa shape index (κ3) is 2.57. The summed E-state index contributed by atoms with van der Waals surface area (Å²) in [4.78, 5) is 16.8. The van der Waals surface area contributed by atoms with Gasteiger partial charge in [-0.15, -0.1) is 0 Å². The van der Waals surface area contributed by atoms with E-state index in [1.807, 2.05) is 14.1 Å². The van der Waals surface area contributed by atoms with Crippen molar-refractivity contribution in [2.45, 2.75) is 68.9 Å². The van der Waals surface area contributed by atoms with Crippen LogP contribution in [-0.4, -0.2) is 49.1 Å². The molecule has 4 heteroatoms. The van der Waals surface area contributed by atoms with Crippen molar-refractivity contribution in [1.29, 1.82) is 0 Å². The molecular weight excluding hydrogens is 358 g/mol. The Morgan fingerprint density at radius 1 is 1.10 bits per heavy atom. The maximum atomic E-state index is 12.3. The summed E-state index contributed by atoms with van der Waals surface area (Å²) in [6, 6.07) is 10.0. The van der Waals surface area contributed by atoms with Gasteiger partial charge in [0.2, 0.25) is 0 Å². The van der Waals surface area contributed by atoms with Gasteiger partial charge in [-0.3, -0.25) is 0 Å². The monoisotopic (exact) mass is 395 g/mol. The van der Waals surface area contributed by atoms with Crippen molar-refractivity contribution in [3.8, 4) is 0 Å². The Bertz CT molecular complexity index is 831. The highest BCUT2D eigenvalue weighted by molar-refractivity contribution is 5.74. The lowest BCUT2D eigenvalue weighted by atomic mass is 9.61. The molecule has 0 bridgehead atoms. The van der Waals surface area contributed by atoms with Crippen molar-refractivity contribution in [2.24, 2.45) is 17.3 Å². The number of nitrogens with one attached hydrogen (secondary N) is 1. The van der Waals surface area contributed by atoms with Gasteiger partial charge in [0.1, 0.15) is 0 Å². The third-order valence-electron chi connectivity index (χ3n) is 9.64. The van der Waals surface area contributed by atoms with Crippen LogP contribution in [0.5, 0.6) is 0 Å². The number of hydrogen-bond donors (Lipinski definition) is 1. The third-order valence-corrected chi connectivity index (χ3v) is 9.64. The minimum Gasteiger partial charge on any atom is -0.331 e. The van der Waals surface area contributed by atoms with Crippen LogP contribution in [-0.2, 0) is 5.41 Å². The number of benzene rings is 1. The highest BCUT2D eigenvalue weighted by Gasteiger charge is 2.71. The van der Waals surface area contributed by atoms with E-state index in [0.717, 1.165) is 29.7 Å². The van der Waals surface area contributed by atoms with E-state index in [4.69, 9.17) is 0 Å². The molecule has 2 unspecified atom stereocenters. The van der Waals surface area contributed by atoms with E-state index in [-0.39, 0.29) is 13.5 Å². The van der Waals surface area contributed by atoms with Crippen LogP contribution < -0.4 is 5.32 Å². The summed E-state index contributed by atoms with van der Waals surface area (Å²) < 4.78 is 0. The van der Waals surface area contributed by atoms with Gasteiger partial charge in [-0.25, -0.2) is 4.79 Å². The van der Waals surface area contributed by atoms with Gasteiger partial charge in [0.05, 0.1) is 6.04 Å². The van der Waals surface area contributed by atoms with Gasteiger partial charge in [-0.05, 0) is 98.2 Å². The molecular formula is C25H37N3O. The highest BCUT2D eigenvalue weighted by Crippen LogP contribution is 2.76. The second kappa shape index (κ2) is 6.23. The average Bonchev–Trinajstić information content (AvgIpc) is 3.39. The quantitative estimate of drug-likeness (QED) is 0.797. The Morgan fingerprint density at radius 2 is 1.90 bits per heavy atom. The van der Waals surface area contributed by atoms with E-state index >= 15 is 0 Å². The molecule has 0 aromatic heterocycles. The molecule has 1 aromatic rings.